The summed E-state index contributed by atoms with van der Waals surface area (Å²) in [5, 5.41) is -1.61. The van der Waals surface area contributed by atoms with E-state index in [1.54, 1.807) is 0 Å². The van der Waals surface area contributed by atoms with Gasteiger partial charge >= 0.3 is 0 Å². The normalized spacial score (nSPS) is 18.5. The van der Waals surface area contributed by atoms with Crippen molar-refractivity contribution >= 4 is 73.6 Å². The van der Waals surface area contributed by atoms with E-state index in [-0.39, 0.29) is 21.7 Å². The lowest BCUT2D eigenvalue weighted by atomic mass is 9.40. The van der Waals surface area contributed by atoms with Crippen LogP contribution < -0.4 is 9.80 Å². The molecule has 2 aliphatic rings. The summed E-state index contributed by atoms with van der Waals surface area (Å²) in [4.78, 5) is 4.75. The van der Waals surface area contributed by atoms with E-state index in [0.717, 1.165) is 38.8 Å². The standard InChI is InChI=1S/C54H64B3BrN2/c1-50(2,3)36-15-21-41(22-16-36)59(42-23-17-37(18-24-42)51(4,5)6)43-29-40(54(55,56)57)30-44(33-43)60(49-26-20-39(32-47(49)58)53(10,11)12)48-25-19-38(52(7,8)9)31-46(48)45-28-34-13-14-35(45)27-34/h15-26,29-35,45H,13-14,27-28H2,1-12H3. The molecular weight excluding hydrogens is 789 g/mol. The van der Waals surface area contributed by atoms with E-state index in [1.807, 2.05) is 0 Å². The third-order valence-corrected chi connectivity index (χ3v) is 13.9. The van der Waals surface area contributed by atoms with Gasteiger partial charge in [-0.05, 0) is 163 Å². The fraction of sp³-hybridized carbons (Fsp3) is 0.444. The molecule has 3 unspecified atom stereocenters. The Morgan fingerprint density at radius 3 is 1.32 bits per heavy atom. The van der Waals surface area contributed by atoms with Crippen LogP contribution in [0.5, 0.6) is 0 Å². The van der Waals surface area contributed by atoms with Gasteiger partial charge in [0.1, 0.15) is 0 Å². The Kier molecular flexibility index (Phi) is 11.8. The van der Waals surface area contributed by atoms with Crippen molar-refractivity contribution in [2.24, 2.45) is 11.8 Å². The van der Waals surface area contributed by atoms with E-state index in [1.165, 1.54) is 59.2 Å². The molecule has 5 aromatic rings. The van der Waals surface area contributed by atoms with Gasteiger partial charge < -0.3 is 9.80 Å². The summed E-state index contributed by atoms with van der Waals surface area (Å²) in [6.45, 7) is 27.3. The van der Waals surface area contributed by atoms with Gasteiger partial charge in [-0.25, -0.2) is 0 Å². The van der Waals surface area contributed by atoms with Crippen LogP contribution in [0.25, 0.3) is 0 Å². The quantitative estimate of drug-likeness (QED) is 0.144. The number of fused-ring (bicyclic) bond motifs is 2. The smallest absolute Gasteiger partial charge is 0.0604 e. The molecule has 306 valence electrons. The molecule has 0 aromatic heterocycles. The molecule has 6 heteroatoms. The number of benzene rings is 5. The molecule has 2 aliphatic carbocycles. The second-order valence-corrected chi connectivity index (χ2v) is 23.0. The number of rotatable bonds is 8. The van der Waals surface area contributed by atoms with Crippen LogP contribution in [0.1, 0.15) is 148 Å². The monoisotopic (exact) mass is 852 g/mol. The van der Waals surface area contributed by atoms with Crippen LogP contribution in [-0.4, -0.2) is 23.5 Å². The maximum Gasteiger partial charge on any atom is 0.0604 e. The van der Waals surface area contributed by atoms with E-state index in [4.69, 9.17) is 23.5 Å². The molecule has 0 N–H and O–H groups in total. The summed E-state index contributed by atoms with van der Waals surface area (Å²) < 4.78 is 1.02. The molecule has 2 bridgehead atoms. The molecule has 2 saturated carbocycles. The Hall–Kier alpha value is -3.63. The van der Waals surface area contributed by atoms with Crippen LogP contribution in [0, 0.1) is 11.8 Å². The zero-order chi connectivity index (χ0) is 43.7. The molecular formula is C54H64B3BrN2. The van der Waals surface area contributed by atoms with Crippen molar-refractivity contribution < 1.29 is 0 Å². The highest BCUT2D eigenvalue weighted by atomic mass is 79.9. The molecule has 2 fully saturated rings. The highest BCUT2D eigenvalue weighted by Crippen LogP contribution is 2.56. The first kappa shape index (κ1) is 44.4. The molecule has 0 saturated heterocycles. The fourth-order valence-corrected chi connectivity index (χ4v) is 10.0. The first-order valence-electron chi connectivity index (χ1n) is 22.1. The van der Waals surface area contributed by atoms with Gasteiger partial charge in [-0.2, -0.15) is 0 Å². The summed E-state index contributed by atoms with van der Waals surface area (Å²) in [5.41, 5.74) is 13.4. The minimum absolute atomic E-state index is 0.00157. The first-order chi connectivity index (χ1) is 27.8. The number of hydrogen-bond donors (Lipinski definition) is 0. The molecule has 0 amide bonds. The zero-order valence-corrected chi connectivity index (χ0v) is 40.0. The summed E-state index contributed by atoms with van der Waals surface area (Å²) in [6.07, 6.45) is 5.19. The van der Waals surface area contributed by atoms with Crippen molar-refractivity contribution in [1.82, 2.24) is 0 Å². The Labute approximate surface area is 375 Å². The highest BCUT2D eigenvalue weighted by molar-refractivity contribution is 9.10. The molecule has 3 atom stereocenters. The Morgan fingerprint density at radius 2 is 0.900 bits per heavy atom. The van der Waals surface area contributed by atoms with Crippen LogP contribution in [0.3, 0.4) is 0 Å². The average molecular weight is 853 g/mol. The SMILES string of the molecule is [B]C([B])([B])c1cc(N(c2ccc(C(C)(C)C)cc2)c2ccc(C(C)(C)C)cc2)cc(N(c2ccc(C(C)(C)C)cc2Br)c2ccc(C(C)(C)C)cc2C2CC3CCC2C3)c1. The first-order valence-corrected chi connectivity index (χ1v) is 22.9. The Bertz CT molecular complexity index is 2270. The van der Waals surface area contributed by atoms with E-state index in [2.05, 4.69) is 212 Å². The van der Waals surface area contributed by atoms with Gasteiger partial charge in [-0.3, -0.25) is 0 Å². The van der Waals surface area contributed by atoms with Crippen molar-refractivity contribution in [2.75, 3.05) is 9.80 Å². The second kappa shape index (κ2) is 15.9. The van der Waals surface area contributed by atoms with Gasteiger partial charge in [0.05, 0.1) is 29.2 Å². The fourth-order valence-electron chi connectivity index (χ4n) is 9.48. The lowest BCUT2D eigenvalue weighted by molar-refractivity contribution is 0.419. The molecule has 6 radical (unpaired) electrons. The molecule has 2 nitrogen and oxygen atoms in total. The highest BCUT2D eigenvalue weighted by Gasteiger charge is 2.42. The summed E-state index contributed by atoms with van der Waals surface area (Å²) >= 11 is 4.12. The minimum atomic E-state index is -1.61. The van der Waals surface area contributed by atoms with Gasteiger partial charge in [-0.15, -0.1) is 5.11 Å². The summed E-state index contributed by atoms with van der Waals surface area (Å²) in [7, 11) is 20.2. The molecule has 0 heterocycles. The van der Waals surface area contributed by atoms with Crippen LogP contribution >= 0.6 is 15.9 Å². The van der Waals surface area contributed by atoms with Crippen LogP contribution in [0.4, 0.5) is 34.1 Å². The topological polar surface area (TPSA) is 6.48 Å². The predicted octanol–water partition coefficient (Wildman–Crippen LogP) is 15.1. The van der Waals surface area contributed by atoms with Crippen LogP contribution in [-0.2, 0) is 26.8 Å². The third kappa shape index (κ3) is 9.25. The number of hydrogen-bond acceptors (Lipinski definition) is 2. The molecule has 0 aliphatic heterocycles. The van der Waals surface area contributed by atoms with E-state index in [0.29, 0.717) is 17.4 Å². The van der Waals surface area contributed by atoms with Crippen LogP contribution in [0.2, 0.25) is 0 Å². The summed E-state index contributed by atoms with van der Waals surface area (Å²) in [6, 6.07) is 38.4. The lowest BCUT2D eigenvalue weighted by Crippen LogP contribution is -2.28. The van der Waals surface area contributed by atoms with Crippen LogP contribution in [0.15, 0.2) is 108 Å². The molecule has 0 spiro atoms. The largest absolute Gasteiger partial charge is 0.310 e. The van der Waals surface area contributed by atoms with E-state index < -0.39 is 5.11 Å². The maximum absolute atomic E-state index is 6.73. The van der Waals surface area contributed by atoms with Crippen molar-refractivity contribution in [3.8, 4) is 0 Å². The minimum Gasteiger partial charge on any atom is -0.310 e. The van der Waals surface area contributed by atoms with Gasteiger partial charge in [0.15, 0.2) is 0 Å². The van der Waals surface area contributed by atoms with Gasteiger partial charge in [0, 0.05) is 32.9 Å². The summed E-state index contributed by atoms with van der Waals surface area (Å²) in [5.74, 6) is 1.96. The van der Waals surface area contributed by atoms with Crippen molar-refractivity contribution in [3.05, 3.63) is 141 Å². The average Bonchev–Trinajstić information content (AvgIpc) is 3.79. The third-order valence-electron chi connectivity index (χ3n) is 13.2. The molecule has 60 heavy (non-hydrogen) atoms. The zero-order valence-electron chi connectivity index (χ0n) is 38.4. The number of anilines is 6. The number of nitrogens with zero attached hydrogens (tertiary/aromatic N) is 2. The van der Waals surface area contributed by atoms with Crippen molar-refractivity contribution in [2.45, 2.75) is 141 Å². The molecule has 7 rings (SSSR count). The second-order valence-electron chi connectivity index (χ2n) is 22.2. The maximum atomic E-state index is 6.73. The Morgan fingerprint density at radius 1 is 0.450 bits per heavy atom. The lowest BCUT2D eigenvalue weighted by Gasteiger charge is -2.36. The van der Waals surface area contributed by atoms with Crippen molar-refractivity contribution in [3.63, 3.8) is 0 Å². The Balaban J connectivity index is 1.52. The van der Waals surface area contributed by atoms with E-state index in [9.17, 15) is 0 Å². The molecule has 5 aromatic carbocycles. The number of halogens is 1. The van der Waals surface area contributed by atoms with E-state index >= 15 is 0 Å². The van der Waals surface area contributed by atoms with Gasteiger partial charge in [0.2, 0.25) is 0 Å². The predicted molar refractivity (Wildman–Crippen MR) is 265 cm³/mol. The van der Waals surface area contributed by atoms with Gasteiger partial charge in [-0.1, -0.05) is 138 Å². The van der Waals surface area contributed by atoms with Crippen molar-refractivity contribution in [1.29, 1.82) is 0 Å². The van der Waals surface area contributed by atoms with Gasteiger partial charge in [0.25, 0.3) is 0 Å².